The lowest BCUT2D eigenvalue weighted by Crippen LogP contribution is -2.08. The molecule has 7 heteroatoms. The van der Waals surface area contributed by atoms with Gasteiger partial charge in [0.15, 0.2) is 5.82 Å². The van der Waals surface area contributed by atoms with E-state index < -0.39 is 0 Å². The number of anilines is 1. The number of aromatic nitrogens is 5. The van der Waals surface area contributed by atoms with E-state index >= 15 is 0 Å². The summed E-state index contributed by atoms with van der Waals surface area (Å²) in [7, 11) is 0. The van der Waals surface area contributed by atoms with E-state index in [-0.39, 0.29) is 0 Å². The van der Waals surface area contributed by atoms with E-state index in [1.807, 2.05) is 17.6 Å². The van der Waals surface area contributed by atoms with Crippen molar-refractivity contribution in [1.29, 1.82) is 0 Å². The largest absolute Gasteiger partial charge is 0.363 e. The minimum Gasteiger partial charge on any atom is -0.363 e. The molecule has 1 N–H and O–H groups in total. The highest BCUT2D eigenvalue weighted by Crippen LogP contribution is 2.10. The predicted molar refractivity (Wildman–Crippen MR) is 62.8 cm³/mol. The topological polar surface area (TPSA) is 68.5 Å². The Morgan fingerprint density at radius 3 is 3.06 bits per heavy atom. The lowest BCUT2D eigenvalue weighted by molar-refractivity contribution is 0.707. The van der Waals surface area contributed by atoms with Crippen molar-refractivity contribution in [3.05, 3.63) is 29.1 Å². The van der Waals surface area contributed by atoms with Gasteiger partial charge in [-0.2, -0.15) is 0 Å². The summed E-state index contributed by atoms with van der Waals surface area (Å²) in [6.07, 6.45) is 3.21. The van der Waals surface area contributed by atoms with Gasteiger partial charge in [0, 0.05) is 12.6 Å². The fourth-order valence-corrected chi connectivity index (χ4v) is 1.59. The summed E-state index contributed by atoms with van der Waals surface area (Å²) >= 11 is 3.28. The van der Waals surface area contributed by atoms with Gasteiger partial charge in [-0.25, -0.2) is 9.97 Å². The highest BCUT2D eigenvalue weighted by Gasteiger charge is 2.02. The molecule has 0 atom stereocenters. The molecule has 0 bridgehead atoms. The summed E-state index contributed by atoms with van der Waals surface area (Å²) in [6.45, 7) is 3.50. The van der Waals surface area contributed by atoms with Crippen molar-refractivity contribution in [2.24, 2.45) is 0 Å². The van der Waals surface area contributed by atoms with E-state index in [4.69, 9.17) is 0 Å². The standard InChI is InChI=1S/C9H11BrN6/c1-2-16-6-14-15-9(16)4-11-8-3-7(10)12-5-13-8/h3,5-6H,2,4H2,1H3,(H,11,12,13). The Morgan fingerprint density at radius 2 is 2.31 bits per heavy atom. The molecule has 0 fully saturated rings. The maximum atomic E-state index is 4.08. The van der Waals surface area contributed by atoms with Gasteiger partial charge in [-0.05, 0) is 22.9 Å². The van der Waals surface area contributed by atoms with Crippen LogP contribution in [0.15, 0.2) is 23.3 Å². The molecule has 16 heavy (non-hydrogen) atoms. The van der Waals surface area contributed by atoms with Gasteiger partial charge in [0.1, 0.15) is 23.1 Å². The van der Waals surface area contributed by atoms with Crippen LogP contribution in [0.5, 0.6) is 0 Å². The maximum Gasteiger partial charge on any atom is 0.152 e. The van der Waals surface area contributed by atoms with Crippen molar-refractivity contribution in [2.45, 2.75) is 20.0 Å². The second-order valence-electron chi connectivity index (χ2n) is 3.11. The second kappa shape index (κ2) is 5.02. The van der Waals surface area contributed by atoms with Gasteiger partial charge in [0.25, 0.3) is 0 Å². The molecular weight excluding hydrogens is 272 g/mol. The van der Waals surface area contributed by atoms with Gasteiger partial charge < -0.3 is 9.88 Å². The first kappa shape index (κ1) is 11.0. The minimum atomic E-state index is 0.595. The molecule has 0 aliphatic heterocycles. The number of halogens is 1. The first-order valence-electron chi connectivity index (χ1n) is 4.87. The van der Waals surface area contributed by atoms with Crippen LogP contribution >= 0.6 is 15.9 Å². The van der Waals surface area contributed by atoms with E-state index in [0.717, 1.165) is 22.8 Å². The zero-order chi connectivity index (χ0) is 11.4. The quantitative estimate of drug-likeness (QED) is 0.860. The molecule has 2 rings (SSSR count). The van der Waals surface area contributed by atoms with Crippen molar-refractivity contribution >= 4 is 21.7 Å². The Morgan fingerprint density at radius 1 is 1.44 bits per heavy atom. The number of hydrogen-bond acceptors (Lipinski definition) is 5. The van der Waals surface area contributed by atoms with Gasteiger partial charge >= 0.3 is 0 Å². The van der Waals surface area contributed by atoms with Gasteiger partial charge in [-0.1, -0.05) is 0 Å². The molecule has 0 saturated carbocycles. The highest BCUT2D eigenvalue weighted by molar-refractivity contribution is 9.10. The van der Waals surface area contributed by atoms with Crippen LogP contribution in [0.3, 0.4) is 0 Å². The van der Waals surface area contributed by atoms with Crippen LogP contribution < -0.4 is 5.32 Å². The minimum absolute atomic E-state index is 0.595. The Labute approximate surface area is 101 Å². The molecule has 0 saturated heterocycles. The van der Waals surface area contributed by atoms with Gasteiger partial charge in [-0.3, -0.25) is 0 Å². The molecule has 84 valence electrons. The number of rotatable bonds is 4. The number of nitrogens with one attached hydrogen (secondary N) is 1. The SMILES string of the molecule is CCn1cnnc1CNc1cc(Br)ncn1. The van der Waals surface area contributed by atoms with Crippen LogP contribution in [-0.4, -0.2) is 24.7 Å². The van der Waals surface area contributed by atoms with Crippen LogP contribution in [0.4, 0.5) is 5.82 Å². The third-order valence-corrected chi connectivity index (χ3v) is 2.53. The van der Waals surface area contributed by atoms with Crippen molar-refractivity contribution < 1.29 is 0 Å². The molecule has 0 aliphatic rings. The van der Waals surface area contributed by atoms with E-state index in [1.165, 1.54) is 6.33 Å². The molecule has 0 amide bonds. The molecule has 0 spiro atoms. The van der Waals surface area contributed by atoms with Crippen LogP contribution in [-0.2, 0) is 13.1 Å². The average Bonchev–Trinajstić information content (AvgIpc) is 2.74. The van der Waals surface area contributed by atoms with Crippen LogP contribution in [0.2, 0.25) is 0 Å². The van der Waals surface area contributed by atoms with Crippen molar-refractivity contribution in [3.8, 4) is 0 Å². The first-order chi connectivity index (χ1) is 7.79. The lowest BCUT2D eigenvalue weighted by Gasteiger charge is -2.05. The molecule has 2 aromatic heterocycles. The van der Waals surface area contributed by atoms with Crippen LogP contribution in [0.1, 0.15) is 12.7 Å². The van der Waals surface area contributed by atoms with Crippen LogP contribution in [0, 0.1) is 0 Å². The van der Waals surface area contributed by atoms with Crippen molar-refractivity contribution in [1.82, 2.24) is 24.7 Å². The zero-order valence-electron chi connectivity index (χ0n) is 8.76. The number of hydrogen-bond donors (Lipinski definition) is 1. The number of aryl methyl sites for hydroxylation is 1. The normalized spacial score (nSPS) is 10.4. The van der Waals surface area contributed by atoms with E-state index in [2.05, 4.69) is 41.4 Å². The summed E-state index contributed by atoms with van der Waals surface area (Å²) in [5, 5.41) is 11.0. The first-order valence-corrected chi connectivity index (χ1v) is 5.67. The fourth-order valence-electron chi connectivity index (χ4n) is 1.28. The third kappa shape index (κ3) is 2.54. The van der Waals surface area contributed by atoms with Crippen LogP contribution in [0.25, 0.3) is 0 Å². The molecule has 0 unspecified atom stereocenters. The summed E-state index contributed by atoms with van der Waals surface area (Å²) < 4.78 is 2.73. The van der Waals surface area contributed by atoms with E-state index in [0.29, 0.717) is 6.54 Å². The molecule has 2 aromatic rings. The Hall–Kier alpha value is -1.50. The number of nitrogens with zero attached hydrogens (tertiary/aromatic N) is 5. The van der Waals surface area contributed by atoms with E-state index in [9.17, 15) is 0 Å². The fraction of sp³-hybridized carbons (Fsp3) is 0.333. The second-order valence-corrected chi connectivity index (χ2v) is 3.93. The molecular formula is C9H11BrN6. The molecule has 0 aliphatic carbocycles. The Kier molecular flexibility index (Phi) is 3.45. The summed E-state index contributed by atoms with van der Waals surface area (Å²) in [6, 6.07) is 1.81. The Bertz CT molecular complexity index is 469. The average molecular weight is 283 g/mol. The third-order valence-electron chi connectivity index (χ3n) is 2.10. The lowest BCUT2D eigenvalue weighted by atomic mass is 10.5. The highest BCUT2D eigenvalue weighted by atomic mass is 79.9. The van der Waals surface area contributed by atoms with Gasteiger partial charge in [0.2, 0.25) is 0 Å². The van der Waals surface area contributed by atoms with Gasteiger partial charge in [0.05, 0.1) is 6.54 Å². The monoisotopic (exact) mass is 282 g/mol. The van der Waals surface area contributed by atoms with Crippen molar-refractivity contribution in [2.75, 3.05) is 5.32 Å². The molecule has 6 nitrogen and oxygen atoms in total. The smallest absolute Gasteiger partial charge is 0.152 e. The predicted octanol–water partition coefficient (Wildman–Crippen LogP) is 1.46. The molecule has 0 aromatic carbocycles. The molecule has 2 heterocycles. The van der Waals surface area contributed by atoms with Gasteiger partial charge in [-0.15, -0.1) is 10.2 Å². The zero-order valence-corrected chi connectivity index (χ0v) is 10.3. The maximum absolute atomic E-state index is 4.08. The summed E-state index contributed by atoms with van der Waals surface area (Å²) in [5.41, 5.74) is 0. The molecule has 0 radical (unpaired) electrons. The Balaban J connectivity index is 2.02. The summed E-state index contributed by atoms with van der Waals surface area (Å²) in [4.78, 5) is 8.04. The summed E-state index contributed by atoms with van der Waals surface area (Å²) in [5.74, 6) is 1.64. The van der Waals surface area contributed by atoms with E-state index in [1.54, 1.807) is 6.33 Å². The van der Waals surface area contributed by atoms with Crippen molar-refractivity contribution in [3.63, 3.8) is 0 Å².